The first-order chi connectivity index (χ1) is 12.3. The number of benzene rings is 1. The van der Waals surface area contributed by atoms with Crippen molar-refractivity contribution in [2.24, 2.45) is 0 Å². The molecule has 0 bridgehead atoms. The Morgan fingerprint density at radius 3 is 2.69 bits per heavy atom. The number of non-ortho nitro benzene ring substituents is 1. The van der Waals surface area contributed by atoms with Crippen LogP contribution in [0.5, 0.6) is 0 Å². The van der Waals surface area contributed by atoms with Crippen molar-refractivity contribution in [1.29, 1.82) is 0 Å². The molecule has 0 atom stereocenters. The number of hydrogen-bond acceptors (Lipinski definition) is 10. The molecule has 26 heavy (non-hydrogen) atoms. The van der Waals surface area contributed by atoms with Gasteiger partial charge in [-0.25, -0.2) is 8.42 Å². The molecule has 2 aromatic rings. The van der Waals surface area contributed by atoms with E-state index in [1.54, 1.807) is 0 Å². The lowest BCUT2D eigenvalue weighted by Crippen LogP contribution is -2.13. The highest BCUT2D eigenvalue weighted by molar-refractivity contribution is 7.91. The van der Waals surface area contributed by atoms with Gasteiger partial charge < -0.3 is 18.7 Å². The van der Waals surface area contributed by atoms with E-state index in [1.807, 2.05) is 0 Å². The second kappa shape index (κ2) is 6.97. The highest BCUT2D eigenvalue weighted by Gasteiger charge is 2.32. The molecule has 0 aliphatic carbocycles. The Balaban J connectivity index is 2.15. The zero-order valence-electron chi connectivity index (χ0n) is 13.5. The van der Waals surface area contributed by atoms with Gasteiger partial charge in [0.25, 0.3) is 5.69 Å². The molecule has 1 aromatic carbocycles. The summed E-state index contributed by atoms with van der Waals surface area (Å²) in [5.41, 5.74) is -0.501. The first-order valence-corrected chi connectivity index (χ1v) is 9.09. The summed E-state index contributed by atoms with van der Waals surface area (Å²) in [6.45, 7) is 0.576. The number of carbonyl (C=O) groups is 1. The Bertz CT molecular complexity index is 960. The van der Waals surface area contributed by atoms with Crippen molar-refractivity contribution < 1.29 is 36.9 Å². The number of nitro benzene ring substituents is 1. The number of aromatic nitrogens is 1. The van der Waals surface area contributed by atoms with Gasteiger partial charge in [0.2, 0.25) is 6.29 Å². The number of ether oxygens (including phenoxy) is 3. The van der Waals surface area contributed by atoms with Crippen molar-refractivity contribution in [1.82, 2.24) is 5.16 Å². The largest absolute Gasteiger partial charge is 0.469 e. The summed E-state index contributed by atoms with van der Waals surface area (Å²) in [4.78, 5) is 21.3. The van der Waals surface area contributed by atoms with Crippen LogP contribution in [-0.2, 0) is 28.8 Å². The van der Waals surface area contributed by atoms with Crippen LogP contribution in [0.1, 0.15) is 18.4 Å². The van der Waals surface area contributed by atoms with Crippen molar-refractivity contribution >= 4 is 32.5 Å². The number of hydrogen-bond donors (Lipinski definition) is 0. The fourth-order valence-corrected chi connectivity index (χ4v) is 3.97. The zero-order valence-corrected chi connectivity index (χ0v) is 14.4. The lowest BCUT2D eigenvalue weighted by molar-refractivity contribution is -0.385. The van der Waals surface area contributed by atoms with E-state index in [4.69, 9.17) is 14.0 Å². The molecule has 1 aliphatic heterocycles. The number of fused-ring (bicyclic) bond motifs is 1. The maximum Gasteiger partial charge on any atom is 0.306 e. The molecular formula is C14H14N2O9S. The summed E-state index contributed by atoms with van der Waals surface area (Å²) in [7, 11) is -2.95. The third kappa shape index (κ3) is 3.38. The molecule has 1 saturated heterocycles. The first kappa shape index (κ1) is 18.2. The molecule has 3 rings (SSSR count). The van der Waals surface area contributed by atoms with Crippen LogP contribution in [0.4, 0.5) is 5.69 Å². The zero-order chi connectivity index (χ0) is 18.9. The smallest absolute Gasteiger partial charge is 0.306 e. The molecule has 1 aromatic heterocycles. The second-order valence-corrected chi connectivity index (χ2v) is 7.44. The topological polar surface area (TPSA) is 148 Å². The Labute approximate surface area is 146 Å². The highest BCUT2D eigenvalue weighted by Crippen LogP contribution is 2.36. The van der Waals surface area contributed by atoms with Gasteiger partial charge in [-0.3, -0.25) is 14.9 Å². The number of methoxy groups -OCH3 is 1. The first-order valence-electron chi connectivity index (χ1n) is 7.44. The van der Waals surface area contributed by atoms with E-state index < -0.39 is 44.9 Å². The quantitative estimate of drug-likeness (QED) is 0.401. The highest BCUT2D eigenvalue weighted by atomic mass is 32.2. The number of esters is 1. The summed E-state index contributed by atoms with van der Waals surface area (Å²) in [5, 5.41) is 14.9. The molecule has 12 heteroatoms. The van der Waals surface area contributed by atoms with Gasteiger partial charge in [0.15, 0.2) is 15.4 Å². The molecule has 1 aliphatic rings. The van der Waals surface area contributed by atoms with Gasteiger partial charge in [-0.15, -0.1) is 0 Å². The summed E-state index contributed by atoms with van der Waals surface area (Å²) in [5.74, 6) is -1.31. The number of carbonyl (C=O) groups excluding carboxylic acids is 1. The minimum Gasteiger partial charge on any atom is -0.469 e. The molecule has 140 valence electrons. The Morgan fingerprint density at radius 1 is 1.38 bits per heavy atom. The van der Waals surface area contributed by atoms with Gasteiger partial charge in [0.05, 0.1) is 53.8 Å². The minimum absolute atomic E-state index is 0.0346. The van der Waals surface area contributed by atoms with Crippen LogP contribution in [-0.4, -0.2) is 50.5 Å². The van der Waals surface area contributed by atoms with Crippen molar-refractivity contribution in [3.05, 3.63) is 27.9 Å². The third-order valence-corrected chi connectivity index (χ3v) is 5.48. The molecular weight excluding hydrogens is 372 g/mol. The number of rotatable bonds is 6. The van der Waals surface area contributed by atoms with Crippen LogP contribution in [0.15, 0.2) is 21.6 Å². The predicted molar refractivity (Wildman–Crippen MR) is 84.0 cm³/mol. The van der Waals surface area contributed by atoms with Crippen LogP contribution in [0.25, 0.3) is 11.0 Å². The molecule has 0 amide bonds. The summed E-state index contributed by atoms with van der Waals surface area (Å²) >= 11 is 0. The lowest BCUT2D eigenvalue weighted by Gasteiger charge is -2.09. The fraction of sp³-hybridized carbons (Fsp3) is 0.429. The molecule has 11 nitrogen and oxygen atoms in total. The van der Waals surface area contributed by atoms with E-state index in [9.17, 15) is 23.3 Å². The van der Waals surface area contributed by atoms with Crippen LogP contribution >= 0.6 is 0 Å². The van der Waals surface area contributed by atoms with E-state index in [2.05, 4.69) is 9.89 Å². The maximum absolute atomic E-state index is 12.7. The Morgan fingerprint density at radius 2 is 2.08 bits per heavy atom. The van der Waals surface area contributed by atoms with Crippen molar-refractivity contribution in [2.75, 3.05) is 26.1 Å². The van der Waals surface area contributed by atoms with Crippen LogP contribution in [0.3, 0.4) is 0 Å². The summed E-state index contributed by atoms with van der Waals surface area (Å²) in [6.07, 6.45) is -1.34. The average molecular weight is 386 g/mol. The molecule has 1 fully saturated rings. The predicted octanol–water partition coefficient (Wildman–Crippen LogP) is 1.12. The van der Waals surface area contributed by atoms with E-state index in [0.717, 1.165) is 19.2 Å². The van der Waals surface area contributed by atoms with Crippen LogP contribution in [0.2, 0.25) is 0 Å². The normalized spacial score (nSPS) is 15.4. The summed E-state index contributed by atoms with van der Waals surface area (Å²) < 4.78 is 45.6. The SMILES string of the molecule is COC(=O)CCS(=O)(=O)c1cc([N+](=O)[O-])cc2onc(C3OCCO3)c12. The molecule has 0 spiro atoms. The van der Waals surface area contributed by atoms with Crippen LogP contribution in [0, 0.1) is 10.1 Å². The standard InChI is InChI=1S/C14H14N2O9S/c1-22-11(17)2-5-26(20,21)10-7-8(16(18)19)6-9-12(10)13(15-25-9)14-23-3-4-24-14/h6-7,14H,2-5H2,1H3. The molecule has 0 unspecified atom stereocenters. The van der Waals surface area contributed by atoms with Crippen LogP contribution < -0.4 is 0 Å². The van der Waals surface area contributed by atoms with Gasteiger partial charge in [-0.2, -0.15) is 0 Å². The molecule has 2 heterocycles. The monoisotopic (exact) mass is 386 g/mol. The van der Waals surface area contributed by atoms with E-state index in [-0.39, 0.29) is 34.8 Å². The average Bonchev–Trinajstić information content (AvgIpc) is 3.27. The lowest BCUT2D eigenvalue weighted by atomic mass is 10.2. The van der Waals surface area contributed by atoms with Gasteiger partial charge in [-0.1, -0.05) is 5.16 Å². The van der Waals surface area contributed by atoms with Gasteiger partial charge in [-0.05, 0) is 0 Å². The fourth-order valence-electron chi connectivity index (χ4n) is 2.50. The number of nitro groups is 1. The van der Waals surface area contributed by atoms with Gasteiger partial charge in [0, 0.05) is 6.07 Å². The minimum atomic E-state index is -4.09. The van der Waals surface area contributed by atoms with E-state index >= 15 is 0 Å². The van der Waals surface area contributed by atoms with E-state index in [0.29, 0.717) is 0 Å². The summed E-state index contributed by atoms with van der Waals surface area (Å²) in [6, 6.07) is 1.98. The van der Waals surface area contributed by atoms with Crippen molar-refractivity contribution in [2.45, 2.75) is 17.6 Å². The molecule has 0 radical (unpaired) electrons. The number of nitrogens with zero attached hydrogens (tertiary/aromatic N) is 2. The third-order valence-electron chi connectivity index (χ3n) is 3.74. The van der Waals surface area contributed by atoms with E-state index in [1.165, 1.54) is 0 Å². The Hall–Kier alpha value is -2.57. The van der Waals surface area contributed by atoms with Gasteiger partial charge >= 0.3 is 5.97 Å². The molecule has 0 N–H and O–H groups in total. The van der Waals surface area contributed by atoms with Crippen molar-refractivity contribution in [3.63, 3.8) is 0 Å². The second-order valence-electron chi connectivity index (χ2n) is 5.36. The Kier molecular flexibility index (Phi) is 4.89. The number of sulfone groups is 1. The maximum atomic E-state index is 12.7. The molecule has 0 saturated carbocycles. The van der Waals surface area contributed by atoms with Crippen molar-refractivity contribution in [3.8, 4) is 0 Å². The van der Waals surface area contributed by atoms with Gasteiger partial charge in [0.1, 0.15) is 5.69 Å².